The fourth-order valence-corrected chi connectivity index (χ4v) is 2.66. The third-order valence-corrected chi connectivity index (χ3v) is 3.70. The number of hydrogen-bond acceptors (Lipinski definition) is 4. The highest BCUT2D eigenvalue weighted by Gasteiger charge is 2.34. The molecule has 1 heterocycles. The van der Waals surface area contributed by atoms with Crippen LogP contribution in [0.2, 0.25) is 0 Å². The molecule has 4 nitrogen and oxygen atoms in total. The highest BCUT2D eigenvalue weighted by Crippen LogP contribution is 2.22. The van der Waals surface area contributed by atoms with Crippen LogP contribution < -0.4 is 0 Å². The molecule has 1 saturated heterocycles. The summed E-state index contributed by atoms with van der Waals surface area (Å²) in [7, 11) is -2.94. The lowest BCUT2D eigenvalue weighted by atomic mass is 9.98. The zero-order valence-corrected chi connectivity index (χ0v) is 6.97. The van der Waals surface area contributed by atoms with Gasteiger partial charge in [0.2, 0.25) is 0 Å². The summed E-state index contributed by atoms with van der Waals surface area (Å²) in [5.74, 6) is -0.0197. The molecule has 0 atom stereocenters. The topological polar surface area (TPSA) is 74.6 Å². The molecule has 0 bridgehead atoms. The standard InChI is InChI=1S/C6H12O4S/c7-5-6(8)1-3-11(9,10)4-2-6/h7-8H,1-5H2. The van der Waals surface area contributed by atoms with E-state index in [1.54, 1.807) is 0 Å². The van der Waals surface area contributed by atoms with Gasteiger partial charge in [-0.25, -0.2) is 8.42 Å². The van der Waals surface area contributed by atoms with E-state index in [2.05, 4.69) is 0 Å². The third kappa shape index (κ3) is 2.15. The van der Waals surface area contributed by atoms with Gasteiger partial charge in [-0.1, -0.05) is 0 Å². The van der Waals surface area contributed by atoms with Crippen LogP contribution in [0.3, 0.4) is 0 Å². The molecular weight excluding hydrogens is 168 g/mol. The highest BCUT2D eigenvalue weighted by molar-refractivity contribution is 7.91. The van der Waals surface area contributed by atoms with Crippen LogP contribution in [0.5, 0.6) is 0 Å². The van der Waals surface area contributed by atoms with E-state index < -0.39 is 15.4 Å². The van der Waals surface area contributed by atoms with E-state index in [1.165, 1.54) is 0 Å². The Hall–Kier alpha value is -0.130. The van der Waals surface area contributed by atoms with E-state index in [-0.39, 0.29) is 31.0 Å². The van der Waals surface area contributed by atoms with Crippen LogP contribution in [0.1, 0.15) is 12.8 Å². The number of sulfone groups is 1. The van der Waals surface area contributed by atoms with Gasteiger partial charge in [0.1, 0.15) is 0 Å². The predicted octanol–water partition coefficient (Wildman–Crippen LogP) is -1.08. The number of aliphatic hydroxyl groups excluding tert-OH is 1. The van der Waals surface area contributed by atoms with E-state index >= 15 is 0 Å². The molecule has 0 unspecified atom stereocenters. The molecule has 66 valence electrons. The van der Waals surface area contributed by atoms with Crippen molar-refractivity contribution in [1.29, 1.82) is 0 Å². The van der Waals surface area contributed by atoms with E-state index in [9.17, 15) is 13.5 Å². The van der Waals surface area contributed by atoms with E-state index in [0.717, 1.165) is 0 Å². The minimum absolute atomic E-state index is 0.00986. The number of hydrogen-bond donors (Lipinski definition) is 2. The number of aliphatic hydroxyl groups is 2. The Balaban J connectivity index is 2.62. The van der Waals surface area contributed by atoms with Gasteiger partial charge in [0.05, 0.1) is 23.7 Å². The Labute approximate surface area is 65.8 Å². The lowest BCUT2D eigenvalue weighted by Gasteiger charge is -2.29. The summed E-state index contributed by atoms with van der Waals surface area (Å²) < 4.78 is 21.7. The monoisotopic (exact) mass is 180 g/mol. The van der Waals surface area contributed by atoms with Gasteiger partial charge in [-0.05, 0) is 12.8 Å². The van der Waals surface area contributed by atoms with Crippen LogP contribution in [-0.4, -0.2) is 42.3 Å². The zero-order valence-electron chi connectivity index (χ0n) is 6.15. The van der Waals surface area contributed by atoms with Crippen LogP contribution in [0.25, 0.3) is 0 Å². The van der Waals surface area contributed by atoms with Crippen molar-refractivity contribution < 1.29 is 18.6 Å². The first-order valence-corrected chi connectivity index (χ1v) is 5.33. The molecule has 0 spiro atoms. The fraction of sp³-hybridized carbons (Fsp3) is 1.00. The molecule has 11 heavy (non-hydrogen) atoms. The Morgan fingerprint density at radius 1 is 1.27 bits per heavy atom. The summed E-state index contributed by atoms with van der Waals surface area (Å²) >= 11 is 0. The van der Waals surface area contributed by atoms with Crippen molar-refractivity contribution in [3.8, 4) is 0 Å². The lowest BCUT2D eigenvalue weighted by molar-refractivity contribution is -0.0217. The molecule has 1 rings (SSSR count). The van der Waals surface area contributed by atoms with E-state index in [1.807, 2.05) is 0 Å². The minimum atomic E-state index is -2.94. The summed E-state index contributed by atoms with van der Waals surface area (Å²) in [6, 6.07) is 0. The second-order valence-electron chi connectivity index (χ2n) is 3.03. The summed E-state index contributed by atoms with van der Waals surface area (Å²) in [6.07, 6.45) is 0.317. The highest BCUT2D eigenvalue weighted by atomic mass is 32.2. The Morgan fingerprint density at radius 3 is 2.09 bits per heavy atom. The maximum absolute atomic E-state index is 10.9. The van der Waals surface area contributed by atoms with Gasteiger partial charge < -0.3 is 10.2 Å². The molecule has 0 aromatic carbocycles. The van der Waals surface area contributed by atoms with Gasteiger partial charge in [-0.2, -0.15) is 0 Å². The van der Waals surface area contributed by atoms with Crippen LogP contribution in [0.15, 0.2) is 0 Å². The van der Waals surface area contributed by atoms with Gasteiger partial charge in [0.15, 0.2) is 9.84 Å². The molecular formula is C6H12O4S. The molecule has 0 aromatic rings. The molecule has 0 radical (unpaired) electrons. The fourth-order valence-electron chi connectivity index (χ4n) is 1.08. The predicted molar refractivity (Wildman–Crippen MR) is 39.9 cm³/mol. The van der Waals surface area contributed by atoms with Gasteiger partial charge in [0, 0.05) is 0 Å². The summed E-state index contributed by atoms with van der Waals surface area (Å²) in [6.45, 7) is -0.345. The molecule has 5 heteroatoms. The lowest BCUT2D eigenvalue weighted by Crippen LogP contribution is -2.42. The minimum Gasteiger partial charge on any atom is -0.393 e. The third-order valence-electron chi connectivity index (χ3n) is 2.05. The van der Waals surface area contributed by atoms with Crippen molar-refractivity contribution in [3.63, 3.8) is 0 Å². The Morgan fingerprint density at radius 2 is 1.73 bits per heavy atom. The van der Waals surface area contributed by atoms with E-state index in [4.69, 9.17) is 5.11 Å². The molecule has 1 fully saturated rings. The SMILES string of the molecule is O=S1(=O)CCC(O)(CO)CC1. The average Bonchev–Trinajstić information content (AvgIpc) is 1.97. The van der Waals surface area contributed by atoms with Gasteiger partial charge in [0.25, 0.3) is 0 Å². The summed E-state index contributed by atoms with van der Waals surface area (Å²) in [4.78, 5) is 0. The smallest absolute Gasteiger partial charge is 0.150 e. The molecule has 1 aliphatic heterocycles. The van der Waals surface area contributed by atoms with Gasteiger partial charge in [-0.15, -0.1) is 0 Å². The molecule has 0 aromatic heterocycles. The molecule has 0 saturated carbocycles. The molecule has 0 aliphatic carbocycles. The first-order valence-electron chi connectivity index (χ1n) is 3.51. The average molecular weight is 180 g/mol. The first-order chi connectivity index (χ1) is 4.97. The van der Waals surface area contributed by atoms with E-state index in [0.29, 0.717) is 0 Å². The second-order valence-corrected chi connectivity index (χ2v) is 5.34. The van der Waals surface area contributed by atoms with Crippen molar-refractivity contribution in [1.82, 2.24) is 0 Å². The zero-order chi connectivity index (χ0) is 8.54. The quantitative estimate of drug-likeness (QED) is 0.538. The van der Waals surface area contributed by atoms with Crippen LogP contribution >= 0.6 is 0 Å². The molecule has 0 amide bonds. The maximum Gasteiger partial charge on any atom is 0.150 e. The van der Waals surface area contributed by atoms with Crippen molar-refractivity contribution in [2.75, 3.05) is 18.1 Å². The normalized spacial score (nSPS) is 28.2. The Kier molecular flexibility index (Phi) is 2.22. The Bertz CT molecular complexity index is 217. The van der Waals surface area contributed by atoms with Gasteiger partial charge >= 0.3 is 0 Å². The van der Waals surface area contributed by atoms with Gasteiger partial charge in [-0.3, -0.25) is 0 Å². The summed E-state index contributed by atoms with van der Waals surface area (Å²) in [5.41, 5.74) is -1.15. The maximum atomic E-state index is 10.9. The number of rotatable bonds is 1. The van der Waals surface area contributed by atoms with Crippen LogP contribution in [0.4, 0.5) is 0 Å². The van der Waals surface area contributed by atoms with Crippen molar-refractivity contribution in [2.24, 2.45) is 0 Å². The summed E-state index contributed by atoms with van der Waals surface area (Å²) in [5, 5.41) is 18.1. The van der Waals surface area contributed by atoms with Crippen molar-refractivity contribution in [3.05, 3.63) is 0 Å². The second kappa shape index (κ2) is 2.73. The molecule has 1 aliphatic rings. The largest absolute Gasteiger partial charge is 0.393 e. The van der Waals surface area contributed by atoms with Crippen molar-refractivity contribution in [2.45, 2.75) is 18.4 Å². The van der Waals surface area contributed by atoms with Crippen LogP contribution in [0, 0.1) is 0 Å². The van der Waals surface area contributed by atoms with Crippen molar-refractivity contribution >= 4 is 9.84 Å². The molecule has 2 N–H and O–H groups in total. The van der Waals surface area contributed by atoms with Crippen LogP contribution in [-0.2, 0) is 9.84 Å². The first kappa shape index (κ1) is 8.96.